The SMILES string of the molecule is N=CC(CNC1CCNC1)c1ccn2c(C3C=CC=C(NC(=O)NCC(F)(F)F)C3)cnc2c1. The number of allylic oxidation sites excluding steroid dienone is 4. The third-order valence-corrected chi connectivity index (χ3v) is 6.07. The van der Waals surface area contributed by atoms with E-state index < -0.39 is 18.8 Å². The van der Waals surface area contributed by atoms with Gasteiger partial charge in [0, 0.05) is 61.0 Å². The normalized spacial score (nSPS) is 21.3. The number of nitrogens with zero attached hydrogens (tertiary/aromatic N) is 2. The van der Waals surface area contributed by atoms with E-state index in [1.807, 2.05) is 34.1 Å². The Morgan fingerprint density at radius 1 is 1.41 bits per heavy atom. The lowest BCUT2D eigenvalue weighted by atomic mass is 9.95. The number of alkyl halides is 3. The summed E-state index contributed by atoms with van der Waals surface area (Å²) in [5, 5.41) is 19.0. The average molecular weight is 476 g/mol. The standard InChI is InChI=1S/C23H28F3N7O/c24-23(25,26)14-31-22(34)32-18-3-1-2-16(8-18)20-13-30-21-9-15(5-7-33(20)21)17(10-27)11-29-19-4-6-28-12-19/h1-3,5,7,9-10,13,16-17,19,27-29H,4,6,8,11-12,14H2,(H2,31,32,34). The van der Waals surface area contributed by atoms with Crippen LogP contribution in [0.25, 0.3) is 5.65 Å². The minimum atomic E-state index is -4.46. The maximum atomic E-state index is 12.3. The maximum Gasteiger partial charge on any atom is 0.405 e. The van der Waals surface area contributed by atoms with E-state index in [0.717, 1.165) is 36.4 Å². The minimum Gasteiger partial charge on any atom is -0.329 e. The van der Waals surface area contributed by atoms with Crippen LogP contribution < -0.4 is 21.3 Å². The Labute approximate surface area is 195 Å². The van der Waals surface area contributed by atoms with Gasteiger partial charge in [-0.25, -0.2) is 9.78 Å². The highest BCUT2D eigenvalue weighted by molar-refractivity contribution is 5.76. The van der Waals surface area contributed by atoms with Crippen molar-refractivity contribution in [3.8, 4) is 0 Å². The molecular weight excluding hydrogens is 447 g/mol. The number of carbonyl (C=O) groups excluding carboxylic acids is 1. The first-order valence-electron chi connectivity index (χ1n) is 11.2. The first-order valence-corrected chi connectivity index (χ1v) is 11.2. The number of hydrogen-bond donors (Lipinski definition) is 5. The maximum absolute atomic E-state index is 12.3. The summed E-state index contributed by atoms with van der Waals surface area (Å²) in [5.41, 5.74) is 3.18. The van der Waals surface area contributed by atoms with Crippen LogP contribution in [-0.2, 0) is 0 Å². The van der Waals surface area contributed by atoms with Crippen molar-refractivity contribution in [2.24, 2.45) is 0 Å². The monoisotopic (exact) mass is 475 g/mol. The van der Waals surface area contributed by atoms with Crippen LogP contribution in [-0.4, -0.2) is 60.0 Å². The fourth-order valence-corrected chi connectivity index (χ4v) is 4.26. The molecule has 5 N–H and O–H groups in total. The number of pyridine rings is 1. The number of rotatable bonds is 8. The van der Waals surface area contributed by atoms with E-state index in [9.17, 15) is 18.0 Å². The molecule has 0 saturated carbocycles. The summed E-state index contributed by atoms with van der Waals surface area (Å²) in [5.74, 6) is -0.159. The van der Waals surface area contributed by atoms with Crippen LogP contribution in [0.2, 0.25) is 0 Å². The molecule has 1 saturated heterocycles. The van der Waals surface area contributed by atoms with Gasteiger partial charge >= 0.3 is 12.2 Å². The van der Waals surface area contributed by atoms with Gasteiger partial charge in [-0.2, -0.15) is 13.2 Å². The molecule has 11 heteroatoms. The van der Waals surface area contributed by atoms with Crippen LogP contribution in [0, 0.1) is 5.41 Å². The molecule has 2 aromatic heterocycles. The van der Waals surface area contributed by atoms with Crippen molar-refractivity contribution < 1.29 is 18.0 Å². The molecule has 8 nitrogen and oxygen atoms in total. The molecule has 0 aromatic carbocycles. The zero-order valence-electron chi connectivity index (χ0n) is 18.5. The zero-order chi connectivity index (χ0) is 24.1. The third kappa shape index (κ3) is 6.03. The van der Waals surface area contributed by atoms with Gasteiger partial charge < -0.3 is 31.1 Å². The molecule has 3 unspecified atom stereocenters. The van der Waals surface area contributed by atoms with Crippen LogP contribution in [0.15, 0.2) is 48.5 Å². The quantitative estimate of drug-likeness (QED) is 0.379. The fraction of sp³-hybridized carbons (Fsp3) is 0.435. The van der Waals surface area contributed by atoms with E-state index >= 15 is 0 Å². The highest BCUT2D eigenvalue weighted by Gasteiger charge is 2.28. The molecule has 182 valence electrons. The Kier molecular flexibility index (Phi) is 7.32. The summed E-state index contributed by atoms with van der Waals surface area (Å²) in [6.07, 6.45) is 7.60. The van der Waals surface area contributed by atoms with Gasteiger partial charge in [0.15, 0.2) is 0 Å². The summed E-state index contributed by atoms with van der Waals surface area (Å²) < 4.78 is 38.9. The number of aromatic nitrogens is 2. The molecule has 3 heterocycles. The van der Waals surface area contributed by atoms with Gasteiger partial charge in [0.05, 0.1) is 0 Å². The molecule has 0 bridgehead atoms. The number of amides is 2. The number of nitrogens with one attached hydrogen (secondary N) is 5. The first kappa shape index (κ1) is 24.0. The summed E-state index contributed by atoms with van der Waals surface area (Å²) in [6, 6.07) is 3.49. The van der Waals surface area contributed by atoms with Crippen LogP contribution in [0.1, 0.15) is 35.9 Å². The third-order valence-electron chi connectivity index (χ3n) is 6.07. The summed E-state index contributed by atoms with van der Waals surface area (Å²) >= 11 is 0. The Balaban J connectivity index is 1.40. The predicted molar refractivity (Wildman–Crippen MR) is 123 cm³/mol. The summed E-state index contributed by atoms with van der Waals surface area (Å²) in [7, 11) is 0. The molecule has 1 aliphatic heterocycles. The number of hydrogen-bond acceptors (Lipinski definition) is 5. The topological polar surface area (TPSA) is 106 Å². The zero-order valence-corrected chi connectivity index (χ0v) is 18.5. The Hall–Kier alpha value is -3.18. The molecule has 34 heavy (non-hydrogen) atoms. The highest BCUT2D eigenvalue weighted by Crippen LogP contribution is 2.29. The Morgan fingerprint density at radius 2 is 2.26 bits per heavy atom. The second-order valence-corrected chi connectivity index (χ2v) is 8.55. The van der Waals surface area contributed by atoms with Gasteiger partial charge in [-0.15, -0.1) is 0 Å². The summed E-state index contributed by atoms with van der Waals surface area (Å²) in [4.78, 5) is 16.3. The van der Waals surface area contributed by atoms with Crippen LogP contribution in [0.3, 0.4) is 0 Å². The number of halogens is 3. The molecular formula is C23H28F3N7O. The van der Waals surface area contributed by atoms with E-state index in [0.29, 0.717) is 24.7 Å². The molecule has 2 aromatic rings. The van der Waals surface area contributed by atoms with Gasteiger partial charge in [-0.1, -0.05) is 12.2 Å². The minimum absolute atomic E-state index is 0.0609. The van der Waals surface area contributed by atoms with Crippen molar-refractivity contribution in [2.75, 3.05) is 26.2 Å². The Bertz CT molecular complexity index is 1090. The molecule has 1 aliphatic carbocycles. The van der Waals surface area contributed by atoms with Crippen molar-refractivity contribution in [1.29, 1.82) is 5.41 Å². The number of fused-ring (bicyclic) bond motifs is 1. The number of carbonyl (C=O) groups is 1. The van der Waals surface area contributed by atoms with Gasteiger partial charge in [-0.3, -0.25) is 0 Å². The van der Waals surface area contributed by atoms with Gasteiger partial charge in [0.1, 0.15) is 12.2 Å². The van der Waals surface area contributed by atoms with Gasteiger partial charge in [0.25, 0.3) is 0 Å². The summed E-state index contributed by atoms with van der Waals surface area (Å²) in [6.45, 7) is 1.25. The van der Waals surface area contributed by atoms with Crippen molar-refractivity contribution in [2.45, 2.75) is 36.9 Å². The molecule has 0 radical (unpaired) electrons. The lowest BCUT2D eigenvalue weighted by Gasteiger charge is -2.20. The van der Waals surface area contributed by atoms with Crippen LogP contribution in [0.4, 0.5) is 18.0 Å². The van der Waals surface area contributed by atoms with E-state index in [4.69, 9.17) is 5.41 Å². The predicted octanol–water partition coefficient (Wildman–Crippen LogP) is 2.81. The molecule has 3 atom stereocenters. The molecule has 4 rings (SSSR count). The second-order valence-electron chi connectivity index (χ2n) is 8.55. The molecule has 2 amide bonds. The van der Waals surface area contributed by atoms with Gasteiger partial charge in [0.2, 0.25) is 0 Å². The largest absolute Gasteiger partial charge is 0.405 e. The van der Waals surface area contributed by atoms with E-state index in [-0.39, 0.29) is 11.8 Å². The number of urea groups is 1. The van der Waals surface area contributed by atoms with Crippen molar-refractivity contribution in [1.82, 2.24) is 30.7 Å². The van der Waals surface area contributed by atoms with E-state index in [1.54, 1.807) is 18.3 Å². The highest BCUT2D eigenvalue weighted by atomic mass is 19.4. The van der Waals surface area contributed by atoms with Crippen molar-refractivity contribution in [3.05, 3.63) is 59.7 Å². The van der Waals surface area contributed by atoms with Crippen molar-refractivity contribution >= 4 is 17.9 Å². The molecule has 1 fully saturated rings. The number of imidazole rings is 1. The van der Waals surface area contributed by atoms with Crippen LogP contribution >= 0.6 is 0 Å². The lowest BCUT2D eigenvalue weighted by molar-refractivity contribution is -0.122. The smallest absolute Gasteiger partial charge is 0.329 e. The van der Waals surface area contributed by atoms with Crippen molar-refractivity contribution in [3.63, 3.8) is 0 Å². The first-order chi connectivity index (χ1) is 16.3. The Morgan fingerprint density at radius 3 is 3.00 bits per heavy atom. The van der Waals surface area contributed by atoms with Crippen LogP contribution in [0.5, 0.6) is 0 Å². The average Bonchev–Trinajstić information content (AvgIpc) is 3.47. The van der Waals surface area contributed by atoms with E-state index in [1.165, 1.54) is 6.21 Å². The second kappa shape index (κ2) is 10.4. The molecule has 2 aliphatic rings. The van der Waals surface area contributed by atoms with Gasteiger partial charge in [-0.05, 0) is 43.2 Å². The van der Waals surface area contributed by atoms with E-state index in [2.05, 4.69) is 20.9 Å². The fourth-order valence-electron chi connectivity index (χ4n) is 4.26. The lowest BCUT2D eigenvalue weighted by Crippen LogP contribution is -2.40. The molecule has 0 spiro atoms.